The second-order valence-electron chi connectivity index (χ2n) is 5.34. The third kappa shape index (κ3) is 2.88. The Hall–Kier alpha value is -1.33. The fraction of sp³-hybridized carbons (Fsp3) is 0.571. The summed E-state index contributed by atoms with van der Waals surface area (Å²) in [5.74, 6) is 0.508. The normalized spacial score (nSPS) is 22.9. The number of ether oxygens (including phenoxy) is 1. The molecule has 0 spiro atoms. The topological polar surface area (TPSA) is 55.6 Å². The number of hydrogen-bond donors (Lipinski definition) is 0. The molecular formula is C14H19ClN2O3. The Morgan fingerprint density at radius 1 is 1.50 bits per heavy atom. The van der Waals surface area contributed by atoms with Crippen LogP contribution in [0.3, 0.4) is 0 Å². The van der Waals surface area contributed by atoms with Crippen LogP contribution in [-0.2, 0) is 4.74 Å². The summed E-state index contributed by atoms with van der Waals surface area (Å²) >= 11 is 6.25. The molecule has 2 atom stereocenters. The lowest BCUT2D eigenvalue weighted by Gasteiger charge is -2.38. The number of nitrogens with zero attached hydrogens (tertiary/aromatic N) is 2. The molecule has 0 aliphatic carbocycles. The van der Waals surface area contributed by atoms with E-state index in [1.807, 2.05) is 6.92 Å². The van der Waals surface area contributed by atoms with Crippen LogP contribution < -0.4 is 4.90 Å². The molecule has 1 heterocycles. The van der Waals surface area contributed by atoms with Gasteiger partial charge in [0.25, 0.3) is 5.69 Å². The molecule has 6 heteroatoms. The molecule has 0 saturated carbocycles. The molecule has 1 fully saturated rings. The number of benzene rings is 1. The molecule has 2 unspecified atom stereocenters. The SMILES string of the molecule is COC1CN(c2c(C)cc([N+](=O)[O-])cc2Cl)CCC1C. The van der Waals surface area contributed by atoms with Crippen LogP contribution in [0.15, 0.2) is 12.1 Å². The van der Waals surface area contributed by atoms with E-state index in [1.54, 1.807) is 13.2 Å². The van der Waals surface area contributed by atoms with Crippen LogP contribution >= 0.6 is 11.6 Å². The molecule has 2 rings (SSSR count). The zero-order chi connectivity index (χ0) is 14.9. The van der Waals surface area contributed by atoms with E-state index in [-0.39, 0.29) is 11.8 Å². The molecule has 110 valence electrons. The minimum Gasteiger partial charge on any atom is -0.379 e. The minimum absolute atomic E-state index is 0.0323. The highest BCUT2D eigenvalue weighted by molar-refractivity contribution is 6.33. The van der Waals surface area contributed by atoms with Crippen molar-refractivity contribution >= 4 is 23.0 Å². The van der Waals surface area contributed by atoms with Crippen molar-refractivity contribution in [3.05, 3.63) is 32.8 Å². The maximum Gasteiger partial charge on any atom is 0.271 e. The first-order valence-corrected chi connectivity index (χ1v) is 7.04. The van der Waals surface area contributed by atoms with Gasteiger partial charge in [-0.25, -0.2) is 0 Å². The maximum atomic E-state index is 10.8. The number of non-ortho nitro benzene ring substituents is 1. The smallest absolute Gasteiger partial charge is 0.271 e. The van der Waals surface area contributed by atoms with Crippen molar-refractivity contribution in [3.63, 3.8) is 0 Å². The average molecular weight is 299 g/mol. The van der Waals surface area contributed by atoms with Crippen LogP contribution in [0.25, 0.3) is 0 Å². The standard InChI is InChI=1S/C14H19ClN2O3/c1-9-4-5-16(8-13(9)20-3)14-10(2)6-11(17(18)19)7-12(14)15/h6-7,9,13H,4-5,8H2,1-3H3. The third-order valence-electron chi connectivity index (χ3n) is 3.96. The van der Waals surface area contributed by atoms with Crippen LogP contribution in [0.5, 0.6) is 0 Å². The Labute approximate surface area is 123 Å². The molecule has 1 aromatic rings. The van der Waals surface area contributed by atoms with Gasteiger partial charge in [-0.3, -0.25) is 10.1 Å². The largest absolute Gasteiger partial charge is 0.379 e. The molecule has 0 amide bonds. The minimum atomic E-state index is -0.418. The lowest BCUT2D eigenvalue weighted by atomic mass is 9.95. The number of nitro groups is 1. The fourth-order valence-electron chi connectivity index (χ4n) is 2.77. The third-order valence-corrected chi connectivity index (χ3v) is 4.25. The number of halogens is 1. The molecule has 1 aliphatic heterocycles. The van der Waals surface area contributed by atoms with Gasteiger partial charge in [-0.05, 0) is 24.8 Å². The average Bonchev–Trinajstić information content (AvgIpc) is 2.39. The summed E-state index contributed by atoms with van der Waals surface area (Å²) in [6.07, 6.45) is 1.18. The number of methoxy groups -OCH3 is 1. The lowest BCUT2D eigenvalue weighted by Crippen LogP contribution is -2.44. The Balaban J connectivity index is 2.31. The Bertz CT molecular complexity index is 498. The molecule has 0 N–H and O–H groups in total. The Morgan fingerprint density at radius 2 is 2.20 bits per heavy atom. The molecule has 1 aliphatic rings. The fourth-order valence-corrected chi connectivity index (χ4v) is 3.15. The zero-order valence-electron chi connectivity index (χ0n) is 11.9. The van der Waals surface area contributed by atoms with Crippen molar-refractivity contribution in [3.8, 4) is 0 Å². The summed E-state index contributed by atoms with van der Waals surface area (Å²) in [5.41, 5.74) is 1.74. The molecule has 1 aromatic carbocycles. The van der Waals surface area contributed by atoms with E-state index >= 15 is 0 Å². The molecule has 20 heavy (non-hydrogen) atoms. The first-order chi connectivity index (χ1) is 9.43. The predicted molar refractivity (Wildman–Crippen MR) is 79.6 cm³/mol. The van der Waals surface area contributed by atoms with E-state index in [4.69, 9.17) is 16.3 Å². The zero-order valence-corrected chi connectivity index (χ0v) is 12.7. The summed E-state index contributed by atoms with van der Waals surface area (Å²) in [4.78, 5) is 12.6. The number of aryl methyl sites for hydroxylation is 1. The van der Waals surface area contributed by atoms with Crippen LogP contribution in [0.4, 0.5) is 11.4 Å². The predicted octanol–water partition coefficient (Wildman–Crippen LogP) is 3.42. The van der Waals surface area contributed by atoms with Crippen molar-refractivity contribution in [2.75, 3.05) is 25.1 Å². The molecular weight excluding hydrogens is 280 g/mol. The highest BCUT2D eigenvalue weighted by atomic mass is 35.5. The van der Waals surface area contributed by atoms with Crippen molar-refractivity contribution in [1.29, 1.82) is 0 Å². The Morgan fingerprint density at radius 3 is 2.75 bits per heavy atom. The molecule has 0 bridgehead atoms. The van der Waals surface area contributed by atoms with E-state index in [0.29, 0.717) is 10.9 Å². The summed E-state index contributed by atoms with van der Waals surface area (Å²) in [6.45, 7) is 5.68. The summed E-state index contributed by atoms with van der Waals surface area (Å²) < 4.78 is 5.50. The van der Waals surface area contributed by atoms with Gasteiger partial charge in [-0.1, -0.05) is 18.5 Å². The monoisotopic (exact) mass is 298 g/mol. The second-order valence-corrected chi connectivity index (χ2v) is 5.74. The van der Waals surface area contributed by atoms with Gasteiger partial charge in [0.15, 0.2) is 0 Å². The molecule has 0 radical (unpaired) electrons. The number of rotatable bonds is 3. The van der Waals surface area contributed by atoms with Gasteiger partial charge in [0.05, 0.1) is 21.7 Å². The van der Waals surface area contributed by atoms with Gasteiger partial charge in [0.1, 0.15) is 0 Å². The Kier molecular flexibility index (Phi) is 4.50. The number of hydrogen-bond acceptors (Lipinski definition) is 4. The quantitative estimate of drug-likeness (QED) is 0.634. The molecule has 0 aromatic heterocycles. The van der Waals surface area contributed by atoms with Gasteiger partial charge >= 0.3 is 0 Å². The number of piperidine rings is 1. The summed E-state index contributed by atoms with van der Waals surface area (Å²) in [7, 11) is 1.72. The number of nitro benzene ring substituents is 1. The van der Waals surface area contributed by atoms with Crippen LogP contribution in [0.1, 0.15) is 18.9 Å². The molecule has 5 nitrogen and oxygen atoms in total. The van der Waals surface area contributed by atoms with Gasteiger partial charge in [0, 0.05) is 32.3 Å². The summed E-state index contributed by atoms with van der Waals surface area (Å²) in [6, 6.07) is 2.99. The van der Waals surface area contributed by atoms with Crippen LogP contribution in [-0.4, -0.2) is 31.2 Å². The van der Waals surface area contributed by atoms with Crippen molar-refractivity contribution < 1.29 is 9.66 Å². The summed E-state index contributed by atoms with van der Waals surface area (Å²) in [5, 5.41) is 11.3. The van der Waals surface area contributed by atoms with Gasteiger partial charge in [-0.15, -0.1) is 0 Å². The van der Waals surface area contributed by atoms with E-state index < -0.39 is 4.92 Å². The first kappa shape index (κ1) is 15.1. The van der Waals surface area contributed by atoms with Crippen molar-refractivity contribution in [1.82, 2.24) is 0 Å². The van der Waals surface area contributed by atoms with E-state index in [0.717, 1.165) is 30.8 Å². The van der Waals surface area contributed by atoms with Gasteiger partial charge < -0.3 is 9.64 Å². The van der Waals surface area contributed by atoms with Crippen LogP contribution in [0.2, 0.25) is 5.02 Å². The van der Waals surface area contributed by atoms with Gasteiger partial charge in [-0.2, -0.15) is 0 Å². The van der Waals surface area contributed by atoms with E-state index in [9.17, 15) is 10.1 Å². The number of anilines is 1. The second kappa shape index (κ2) is 5.97. The van der Waals surface area contributed by atoms with Gasteiger partial charge in [0.2, 0.25) is 0 Å². The van der Waals surface area contributed by atoms with Crippen molar-refractivity contribution in [2.24, 2.45) is 5.92 Å². The van der Waals surface area contributed by atoms with Crippen molar-refractivity contribution in [2.45, 2.75) is 26.4 Å². The highest BCUT2D eigenvalue weighted by Crippen LogP contribution is 2.36. The maximum absolute atomic E-state index is 10.8. The van der Waals surface area contributed by atoms with E-state index in [1.165, 1.54) is 6.07 Å². The highest BCUT2D eigenvalue weighted by Gasteiger charge is 2.28. The lowest BCUT2D eigenvalue weighted by molar-refractivity contribution is -0.384. The first-order valence-electron chi connectivity index (χ1n) is 6.66. The molecule has 1 saturated heterocycles. The van der Waals surface area contributed by atoms with E-state index in [2.05, 4.69) is 11.8 Å². The van der Waals surface area contributed by atoms with Crippen LogP contribution in [0, 0.1) is 23.0 Å².